The average molecular weight is 284 g/mol. The molecule has 0 bridgehead atoms. The van der Waals surface area contributed by atoms with E-state index < -0.39 is 0 Å². The summed E-state index contributed by atoms with van der Waals surface area (Å²) in [6, 6.07) is 9.70. The number of fused-ring (bicyclic) bond motifs is 1. The average Bonchev–Trinajstić information content (AvgIpc) is 2.92. The maximum absolute atomic E-state index is 12.6. The predicted molar refractivity (Wildman–Crippen MR) is 79.1 cm³/mol. The number of nitrogens with zero attached hydrogens (tertiary/aromatic N) is 4. The standard InChI is InChI=1S/C15H16N4O2/c1-11(12-5-3-2-4-6-12)18-10-16-14-13(15(18)21)9-17-19(14)7-8-20/h2-6,9-11,20H,7-8H2,1H3/t11-/m1/s1. The highest BCUT2D eigenvalue weighted by Gasteiger charge is 2.14. The lowest BCUT2D eigenvalue weighted by atomic mass is 10.1. The Bertz CT molecular complexity index is 807. The van der Waals surface area contributed by atoms with Gasteiger partial charge in [-0.2, -0.15) is 5.10 Å². The van der Waals surface area contributed by atoms with Gasteiger partial charge in [-0.1, -0.05) is 30.3 Å². The molecule has 0 amide bonds. The molecule has 0 unspecified atom stereocenters. The molecule has 3 rings (SSSR count). The second-order valence-electron chi connectivity index (χ2n) is 4.87. The predicted octanol–water partition coefficient (Wildman–Crippen LogP) is 1.19. The van der Waals surface area contributed by atoms with Crippen molar-refractivity contribution in [3.63, 3.8) is 0 Å². The largest absolute Gasteiger partial charge is 0.394 e. The van der Waals surface area contributed by atoms with E-state index in [0.29, 0.717) is 17.6 Å². The first-order valence-corrected chi connectivity index (χ1v) is 6.81. The molecule has 0 aliphatic rings. The van der Waals surface area contributed by atoms with Gasteiger partial charge in [-0.25, -0.2) is 9.67 Å². The number of hydrogen-bond donors (Lipinski definition) is 1. The summed E-state index contributed by atoms with van der Waals surface area (Å²) >= 11 is 0. The highest BCUT2D eigenvalue weighted by Crippen LogP contribution is 2.16. The van der Waals surface area contributed by atoms with Crippen molar-refractivity contribution < 1.29 is 5.11 Å². The summed E-state index contributed by atoms with van der Waals surface area (Å²) in [5.41, 5.74) is 1.43. The third-order valence-corrected chi connectivity index (χ3v) is 3.59. The number of aliphatic hydroxyl groups is 1. The van der Waals surface area contributed by atoms with E-state index in [1.165, 1.54) is 17.2 Å². The van der Waals surface area contributed by atoms with Crippen molar-refractivity contribution >= 4 is 11.0 Å². The molecule has 0 aliphatic carbocycles. The van der Waals surface area contributed by atoms with Crippen LogP contribution in [0.2, 0.25) is 0 Å². The monoisotopic (exact) mass is 284 g/mol. The summed E-state index contributed by atoms with van der Waals surface area (Å²) < 4.78 is 3.14. The van der Waals surface area contributed by atoms with Gasteiger partial charge in [0.15, 0.2) is 5.65 Å². The minimum Gasteiger partial charge on any atom is -0.394 e. The fourth-order valence-corrected chi connectivity index (χ4v) is 2.40. The zero-order valence-electron chi connectivity index (χ0n) is 11.7. The fourth-order valence-electron chi connectivity index (χ4n) is 2.40. The lowest BCUT2D eigenvalue weighted by Crippen LogP contribution is -2.24. The normalized spacial score (nSPS) is 12.7. The molecule has 3 aromatic rings. The number of rotatable bonds is 4. The van der Waals surface area contributed by atoms with Gasteiger partial charge in [0.05, 0.1) is 25.4 Å². The van der Waals surface area contributed by atoms with Gasteiger partial charge in [-0.3, -0.25) is 9.36 Å². The lowest BCUT2D eigenvalue weighted by molar-refractivity contribution is 0.271. The van der Waals surface area contributed by atoms with Crippen LogP contribution in [0, 0.1) is 0 Å². The van der Waals surface area contributed by atoms with E-state index in [4.69, 9.17) is 5.11 Å². The smallest absolute Gasteiger partial charge is 0.265 e. The van der Waals surface area contributed by atoms with Crippen molar-refractivity contribution in [3.05, 3.63) is 58.8 Å². The van der Waals surface area contributed by atoms with Crippen molar-refractivity contribution in [2.24, 2.45) is 0 Å². The molecule has 0 aliphatic heterocycles. The van der Waals surface area contributed by atoms with Crippen LogP contribution in [0.3, 0.4) is 0 Å². The molecular weight excluding hydrogens is 268 g/mol. The Kier molecular flexibility index (Phi) is 3.53. The van der Waals surface area contributed by atoms with Crippen molar-refractivity contribution in [1.29, 1.82) is 0 Å². The molecule has 0 spiro atoms. The number of benzene rings is 1. The Balaban J connectivity index is 2.09. The molecule has 0 saturated carbocycles. The van der Waals surface area contributed by atoms with E-state index in [0.717, 1.165) is 5.56 Å². The maximum Gasteiger partial charge on any atom is 0.265 e. The fraction of sp³-hybridized carbons (Fsp3) is 0.267. The van der Waals surface area contributed by atoms with Crippen molar-refractivity contribution in [1.82, 2.24) is 19.3 Å². The van der Waals surface area contributed by atoms with Crippen LogP contribution in [0.15, 0.2) is 47.7 Å². The van der Waals surface area contributed by atoms with E-state index >= 15 is 0 Å². The van der Waals surface area contributed by atoms with Gasteiger partial charge in [0, 0.05) is 0 Å². The van der Waals surface area contributed by atoms with Gasteiger partial charge < -0.3 is 5.11 Å². The summed E-state index contributed by atoms with van der Waals surface area (Å²) in [5.74, 6) is 0. The van der Waals surface area contributed by atoms with Gasteiger partial charge in [0.2, 0.25) is 0 Å². The zero-order valence-corrected chi connectivity index (χ0v) is 11.7. The number of aromatic nitrogens is 4. The maximum atomic E-state index is 12.6. The van der Waals surface area contributed by atoms with Gasteiger partial charge in [-0.05, 0) is 12.5 Å². The van der Waals surface area contributed by atoms with E-state index in [1.807, 2.05) is 37.3 Å². The van der Waals surface area contributed by atoms with Crippen LogP contribution in [0.25, 0.3) is 11.0 Å². The molecule has 0 saturated heterocycles. The molecule has 108 valence electrons. The van der Waals surface area contributed by atoms with E-state index in [9.17, 15) is 4.79 Å². The van der Waals surface area contributed by atoms with Crippen LogP contribution in [0.4, 0.5) is 0 Å². The first kappa shape index (κ1) is 13.5. The minimum atomic E-state index is -0.124. The molecule has 1 atom stereocenters. The summed E-state index contributed by atoms with van der Waals surface area (Å²) in [7, 11) is 0. The second-order valence-corrected chi connectivity index (χ2v) is 4.87. The Morgan fingerprint density at radius 1 is 1.29 bits per heavy atom. The first-order valence-electron chi connectivity index (χ1n) is 6.81. The Labute approximate surface area is 121 Å². The summed E-state index contributed by atoms with van der Waals surface area (Å²) in [6.07, 6.45) is 3.05. The third kappa shape index (κ3) is 2.34. The summed E-state index contributed by atoms with van der Waals surface area (Å²) in [6.45, 7) is 2.25. The Morgan fingerprint density at radius 3 is 2.76 bits per heavy atom. The molecule has 1 N–H and O–H groups in total. The van der Waals surface area contributed by atoms with Crippen LogP contribution in [0.5, 0.6) is 0 Å². The zero-order chi connectivity index (χ0) is 14.8. The van der Waals surface area contributed by atoms with E-state index in [1.54, 1.807) is 4.57 Å². The lowest BCUT2D eigenvalue weighted by Gasteiger charge is -2.15. The molecule has 2 heterocycles. The SMILES string of the molecule is C[C@H](c1ccccc1)n1cnc2c(cnn2CCO)c1=O. The molecule has 0 radical (unpaired) electrons. The molecule has 21 heavy (non-hydrogen) atoms. The molecule has 6 nitrogen and oxygen atoms in total. The van der Waals surface area contributed by atoms with Gasteiger partial charge in [0.1, 0.15) is 11.7 Å². The molecule has 2 aromatic heterocycles. The Hall–Kier alpha value is -2.47. The van der Waals surface area contributed by atoms with Gasteiger partial charge >= 0.3 is 0 Å². The van der Waals surface area contributed by atoms with Crippen LogP contribution >= 0.6 is 0 Å². The van der Waals surface area contributed by atoms with Crippen molar-refractivity contribution in [2.75, 3.05) is 6.61 Å². The first-order chi connectivity index (χ1) is 10.2. The summed E-state index contributed by atoms with van der Waals surface area (Å²) in [4.78, 5) is 16.9. The van der Waals surface area contributed by atoms with Crippen molar-refractivity contribution in [3.8, 4) is 0 Å². The highest BCUT2D eigenvalue weighted by atomic mass is 16.3. The number of hydrogen-bond acceptors (Lipinski definition) is 4. The number of aliphatic hydroxyl groups excluding tert-OH is 1. The van der Waals surface area contributed by atoms with Crippen LogP contribution in [0.1, 0.15) is 18.5 Å². The molecule has 6 heteroatoms. The topological polar surface area (TPSA) is 72.9 Å². The highest BCUT2D eigenvalue weighted by molar-refractivity contribution is 5.72. The molecule has 0 fully saturated rings. The second kappa shape index (κ2) is 5.49. The molecule has 1 aromatic carbocycles. The van der Waals surface area contributed by atoms with Crippen molar-refractivity contribution in [2.45, 2.75) is 19.5 Å². The van der Waals surface area contributed by atoms with Crippen LogP contribution in [-0.4, -0.2) is 31.0 Å². The molecular formula is C15H16N4O2. The Morgan fingerprint density at radius 2 is 2.05 bits per heavy atom. The third-order valence-electron chi connectivity index (χ3n) is 3.59. The van der Waals surface area contributed by atoms with E-state index in [2.05, 4.69) is 10.1 Å². The van der Waals surface area contributed by atoms with Gasteiger partial charge in [0.25, 0.3) is 5.56 Å². The van der Waals surface area contributed by atoms with Crippen LogP contribution in [-0.2, 0) is 6.54 Å². The van der Waals surface area contributed by atoms with Crippen LogP contribution < -0.4 is 5.56 Å². The van der Waals surface area contributed by atoms with Gasteiger partial charge in [-0.15, -0.1) is 0 Å². The summed E-state index contributed by atoms with van der Waals surface area (Å²) in [5, 5.41) is 13.6. The minimum absolute atomic E-state index is 0.0397. The quantitative estimate of drug-likeness (QED) is 0.781. The van der Waals surface area contributed by atoms with E-state index in [-0.39, 0.29) is 18.2 Å².